The van der Waals surface area contributed by atoms with Crippen LogP contribution < -0.4 is 9.47 Å². The summed E-state index contributed by atoms with van der Waals surface area (Å²) in [6.07, 6.45) is -8.88. The number of likely N-dealkylation sites (tertiary alicyclic amines) is 1. The van der Waals surface area contributed by atoms with Crippen LogP contribution in [0.4, 0.5) is 26.3 Å². The average molecular weight is 436 g/mol. The Morgan fingerprint density at radius 1 is 1.08 bits per heavy atom. The van der Waals surface area contributed by atoms with Gasteiger partial charge in [-0.05, 0) is 54.0 Å². The lowest BCUT2D eigenvalue weighted by Crippen LogP contribution is -2.40. The van der Waals surface area contributed by atoms with E-state index in [1.807, 2.05) is 4.90 Å². The third-order valence-corrected chi connectivity index (χ3v) is 4.51. The molecule has 1 fully saturated rings. The lowest BCUT2D eigenvalue weighted by Gasteiger charge is -2.32. The van der Waals surface area contributed by atoms with E-state index < -0.39 is 24.2 Å². The molecule has 3 nitrogen and oxygen atoms in total. The molecule has 0 amide bonds. The molecule has 0 spiro atoms. The van der Waals surface area contributed by atoms with Crippen molar-refractivity contribution in [1.82, 2.24) is 4.90 Å². The molecule has 1 aromatic rings. The Labute approximate surface area is 149 Å². The van der Waals surface area contributed by atoms with Crippen molar-refractivity contribution in [3.05, 3.63) is 22.7 Å². The van der Waals surface area contributed by atoms with E-state index in [1.165, 1.54) is 12.1 Å². The van der Waals surface area contributed by atoms with E-state index in [4.69, 9.17) is 4.74 Å². The fourth-order valence-corrected chi connectivity index (χ4v) is 2.88. The van der Waals surface area contributed by atoms with Crippen molar-refractivity contribution in [3.8, 4) is 11.5 Å². The van der Waals surface area contributed by atoms with E-state index in [9.17, 15) is 26.3 Å². The van der Waals surface area contributed by atoms with Gasteiger partial charge in [-0.25, -0.2) is 0 Å². The largest absolute Gasteiger partial charge is 0.573 e. The smallest absolute Gasteiger partial charge is 0.492 e. The van der Waals surface area contributed by atoms with Gasteiger partial charge in [0.05, 0.1) is 10.4 Å². The lowest BCUT2D eigenvalue weighted by molar-refractivity contribution is -0.274. The van der Waals surface area contributed by atoms with Crippen molar-refractivity contribution in [2.45, 2.75) is 25.4 Å². The van der Waals surface area contributed by atoms with Gasteiger partial charge < -0.3 is 9.47 Å². The first-order chi connectivity index (χ1) is 11.5. The maximum atomic E-state index is 12.6. The van der Waals surface area contributed by atoms with E-state index in [0.717, 1.165) is 6.07 Å². The predicted octanol–water partition coefficient (Wildman–Crippen LogP) is 5.00. The zero-order valence-electron chi connectivity index (χ0n) is 13.0. The van der Waals surface area contributed by atoms with Crippen LogP contribution >= 0.6 is 15.9 Å². The summed E-state index contributed by atoms with van der Waals surface area (Å²) in [6.45, 7) is 1.19. The summed E-state index contributed by atoms with van der Waals surface area (Å²) in [7, 11) is 0. The molecule has 0 aliphatic carbocycles. The third kappa shape index (κ3) is 6.58. The van der Waals surface area contributed by atoms with Crippen LogP contribution in [0.3, 0.4) is 0 Å². The fourth-order valence-electron chi connectivity index (χ4n) is 2.55. The van der Waals surface area contributed by atoms with E-state index in [0.29, 0.717) is 19.6 Å². The minimum atomic E-state index is -4.82. The van der Waals surface area contributed by atoms with Gasteiger partial charge in [0.2, 0.25) is 0 Å². The highest BCUT2D eigenvalue weighted by Crippen LogP contribution is 2.35. The number of piperidine rings is 1. The maximum absolute atomic E-state index is 12.6. The van der Waals surface area contributed by atoms with Crippen LogP contribution in [0.2, 0.25) is 0 Å². The van der Waals surface area contributed by atoms with Crippen molar-refractivity contribution in [3.63, 3.8) is 0 Å². The molecule has 0 radical (unpaired) electrons. The molecule has 1 saturated heterocycles. The van der Waals surface area contributed by atoms with E-state index in [1.54, 1.807) is 0 Å². The molecular formula is C15H16BrF6NO2. The average Bonchev–Trinajstić information content (AvgIpc) is 2.49. The van der Waals surface area contributed by atoms with Crippen molar-refractivity contribution >= 4 is 15.9 Å². The van der Waals surface area contributed by atoms with Crippen molar-refractivity contribution < 1.29 is 35.8 Å². The number of benzene rings is 1. The summed E-state index contributed by atoms with van der Waals surface area (Å²) in [4.78, 5) is 1.84. The van der Waals surface area contributed by atoms with Crippen LogP contribution in [0.25, 0.3) is 0 Å². The Bertz CT molecular complexity index is 570. The number of hydrogen-bond donors (Lipinski definition) is 0. The number of nitrogens with zero attached hydrogens (tertiary/aromatic N) is 1. The highest BCUT2D eigenvalue weighted by molar-refractivity contribution is 9.10. The number of halogens is 7. The Balaban J connectivity index is 1.80. The van der Waals surface area contributed by atoms with Gasteiger partial charge in [0.1, 0.15) is 18.1 Å². The second kappa shape index (κ2) is 8.03. The fraction of sp³-hybridized carbons (Fsp3) is 0.600. The third-order valence-electron chi connectivity index (χ3n) is 3.86. The molecular weight excluding hydrogens is 420 g/mol. The molecule has 10 heteroatoms. The summed E-state index contributed by atoms with van der Waals surface area (Å²) < 4.78 is 84.0. The number of hydrogen-bond acceptors (Lipinski definition) is 3. The van der Waals surface area contributed by atoms with Crippen molar-refractivity contribution in [2.24, 2.45) is 5.92 Å². The lowest BCUT2D eigenvalue weighted by atomic mass is 9.96. The second-order valence-electron chi connectivity index (χ2n) is 5.65. The van der Waals surface area contributed by atoms with Gasteiger partial charge in [-0.15, -0.1) is 13.2 Å². The van der Waals surface area contributed by atoms with Gasteiger partial charge in [-0.2, -0.15) is 13.2 Å². The van der Waals surface area contributed by atoms with E-state index in [-0.39, 0.29) is 29.7 Å². The van der Waals surface area contributed by atoms with Crippen LogP contribution in [0.5, 0.6) is 11.5 Å². The van der Waals surface area contributed by atoms with Gasteiger partial charge in [0, 0.05) is 12.6 Å². The standard InChI is InChI=1S/C15H16BrF6NO2/c16-12-2-1-11(9-13(12)25-15(20,21)22)24-8-7-23-5-3-10(4-6-23)14(17,18)19/h1-2,9-10H,3-8H2. The molecule has 0 aromatic heterocycles. The van der Waals surface area contributed by atoms with Crippen LogP contribution in [-0.2, 0) is 0 Å². The summed E-state index contributed by atoms with van der Waals surface area (Å²) in [5.74, 6) is -1.50. The Hall–Kier alpha value is -1.16. The number of rotatable bonds is 5. The maximum Gasteiger partial charge on any atom is 0.573 e. The Morgan fingerprint density at radius 3 is 2.28 bits per heavy atom. The molecule has 0 saturated carbocycles. The normalized spacial score (nSPS) is 17.6. The first-order valence-electron chi connectivity index (χ1n) is 7.52. The molecule has 1 aliphatic rings. The van der Waals surface area contributed by atoms with E-state index in [2.05, 4.69) is 20.7 Å². The van der Waals surface area contributed by atoms with E-state index >= 15 is 0 Å². The minimum Gasteiger partial charge on any atom is -0.492 e. The SMILES string of the molecule is FC(F)(F)Oc1cc(OCCN2CCC(C(F)(F)F)CC2)ccc1Br. The molecule has 1 heterocycles. The summed E-state index contributed by atoms with van der Waals surface area (Å²) >= 11 is 2.95. The van der Waals surface area contributed by atoms with Gasteiger partial charge in [0.15, 0.2) is 0 Å². The molecule has 1 aliphatic heterocycles. The van der Waals surface area contributed by atoms with Gasteiger partial charge in [-0.3, -0.25) is 4.90 Å². The minimum absolute atomic E-state index is 0.0470. The number of ether oxygens (including phenoxy) is 2. The Kier molecular flexibility index (Phi) is 6.47. The molecule has 2 rings (SSSR count). The Morgan fingerprint density at radius 2 is 1.72 bits per heavy atom. The van der Waals surface area contributed by atoms with Crippen LogP contribution in [0, 0.1) is 5.92 Å². The summed E-state index contributed by atoms with van der Waals surface area (Å²) in [5, 5.41) is 0. The van der Waals surface area contributed by atoms with Gasteiger partial charge >= 0.3 is 12.5 Å². The zero-order valence-corrected chi connectivity index (χ0v) is 14.5. The molecule has 1 aromatic carbocycles. The monoisotopic (exact) mass is 435 g/mol. The summed E-state index contributed by atoms with van der Waals surface area (Å²) in [6, 6.07) is 3.95. The van der Waals surface area contributed by atoms with Gasteiger partial charge in [-0.1, -0.05) is 0 Å². The van der Waals surface area contributed by atoms with Gasteiger partial charge in [0.25, 0.3) is 0 Å². The molecule has 142 valence electrons. The molecule has 25 heavy (non-hydrogen) atoms. The highest BCUT2D eigenvalue weighted by atomic mass is 79.9. The first-order valence-corrected chi connectivity index (χ1v) is 8.31. The van der Waals surface area contributed by atoms with Crippen LogP contribution in [-0.4, -0.2) is 43.7 Å². The highest BCUT2D eigenvalue weighted by Gasteiger charge is 2.40. The number of alkyl halides is 6. The van der Waals surface area contributed by atoms with Crippen molar-refractivity contribution in [2.75, 3.05) is 26.2 Å². The molecule has 0 unspecified atom stereocenters. The second-order valence-corrected chi connectivity index (χ2v) is 6.50. The molecule has 0 N–H and O–H groups in total. The topological polar surface area (TPSA) is 21.7 Å². The zero-order chi connectivity index (χ0) is 18.7. The first kappa shape index (κ1) is 20.2. The molecule has 0 bridgehead atoms. The summed E-state index contributed by atoms with van der Waals surface area (Å²) in [5.41, 5.74) is 0. The van der Waals surface area contributed by atoms with Crippen LogP contribution in [0.15, 0.2) is 22.7 Å². The van der Waals surface area contributed by atoms with Crippen molar-refractivity contribution in [1.29, 1.82) is 0 Å². The molecule has 0 atom stereocenters. The van der Waals surface area contributed by atoms with Crippen LogP contribution in [0.1, 0.15) is 12.8 Å². The predicted molar refractivity (Wildman–Crippen MR) is 81.5 cm³/mol. The quantitative estimate of drug-likeness (QED) is 0.607.